The maximum Gasteiger partial charge on any atom is 0.259 e. The number of amides is 2. The topological polar surface area (TPSA) is 93.5 Å². The first kappa shape index (κ1) is 20.6. The van der Waals surface area contributed by atoms with Crippen LogP contribution in [0.25, 0.3) is 0 Å². The maximum absolute atomic E-state index is 14.7. The van der Waals surface area contributed by atoms with Gasteiger partial charge in [0, 0.05) is 18.3 Å². The van der Waals surface area contributed by atoms with E-state index in [0.717, 1.165) is 6.42 Å². The van der Waals surface area contributed by atoms with E-state index < -0.39 is 17.3 Å². The molecule has 2 amide bonds. The Morgan fingerprint density at radius 3 is 2.58 bits per heavy atom. The molecule has 156 valence electrons. The Morgan fingerprint density at radius 2 is 2.03 bits per heavy atom. The third-order valence-electron chi connectivity index (χ3n) is 5.80. The number of nitrogens with zero attached hydrogens (tertiary/aromatic N) is 3. The van der Waals surface area contributed by atoms with E-state index in [4.69, 9.17) is 17.5 Å². The number of hydrogen-bond acceptors (Lipinski definition) is 5. The van der Waals surface area contributed by atoms with Crippen molar-refractivity contribution in [3.05, 3.63) is 58.9 Å². The molecule has 2 aliphatic rings. The van der Waals surface area contributed by atoms with E-state index >= 15 is 0 Å². The van der Waals surface area contributed by atoms with Gasteiger partial charge in [-0.05, 0) is 67.9 Å². The minimum absolute atomic E-state index is 0.113. The zero-order chi connectivity index (χ0) is 22.3. The molecule has 31 heavy (non-hydrogen) atoms. The van der Waals surface area contributed by atoms with Crippen molar-refractivity contribution in [1.82, 2.24) is 5.32 Å². The molecule has 1 spiro atoms. The highest BCUT2D eigenvalue weighted by Gasteiger charge is 2.59. The Hall–Kier alpha value is -3.64. The fourth-order valence-electron chi connectivity index (χ4n) is 4.08. The second-order valence-electron chi connectivity index (χ2n) is 7.39. The highest BCUT2D eigenvalue weighted by Crippen LogP contribution is 2.48. The summed E-state index contributed by atoms with van der Waals surface area (Å²) in [5.74, 6) is -1.59. The van der Waals surface area contributed by atoms with Gasteiger partial charge < -0.3 is 10.2 Å². The molecule has 1 heterocycles. The number of benzene rings is 2. The van der Waals surface area contributed by atoms with Crippen LogP contribution in [0.1, 0.15) is 45.5 Å². The van der Waals surface area contributed by atoms with Gasteiger partial charge in [-0.2, -0.15) is 5.26 Å². The summed E-state index contributed by atoms with van der Waals surface area (Å²) in [6.45, 7) is 0. The van der Waals surface area contributed by atoms with Crippen molar-refractivity contribution in [2.45, 2.75) is 24.8 Å². The average molecular weight is 436 g/mol. The van der Waals surface area contributed by atoms with Gasteiger partial charge in [0.05, 0.1) is 22.9 Å². The number of nitrogens with one attached hydrogen (secondary N) is 1. The lowest BCUT2D eigenvalue weighted by atomic mass is 9.75. The van der Waals surface area contributed by atoms with Crippen molar-refractivity contribution in [2.75, 3.05) is 16.8 Å². The number of anilines is 2. The zero-order valence-corrected chi connectivity index (χ0v) is 17.3. The Kier molecular flexibility index (Phi) is 5.03. The van der Waals surface area contributed by atoms with Gasteiger partial charge in [0.25, 0.3) is 11.8 Å². The Morgan fingerprint density at radius 1 is 1.29 bits per heavy atom. The lowest BCUT2D eigenvalue weighted by Gasteiger charge is -2.43. The first-order chi connectivity index (χ1) is 14.9. The summed E-state index contributed by atoms with van der Waals surface area (Å²) in [7, 11) is 1.41. The molecule has 1 N–H and O–H groups in total. The van der Waals surface area contributed by atoms with Crippen LogP contribution in [0, 0.1) is 17.1 Å². The Bertz CT molecular complexity index is 1190. The summed E-state index contributed by atoms with van der Waals surface area (Å²) >= 11 is 5.62. The van der Waals surface area contributed by atoms with Crippen LogP contribution in [0.5, 0.6) is 0 Å². The number of thiocarbonyl (C=S) groups is 1. The average Bonchev–Trinajstić information content (AvgIpc) is 2.99. The van der Waals surface area contributed by atoms with E-state index in [1.54, 1.807) is 11.0 Å². The van der Waals surface area contributed by atoms with E-state index in [1.807, 2.05) is 6.07 Å². The molecule has 0 radical (unpaired) electrons. The van der Waals surface area contributed by atoms with Gasteiger partial charge in [-0.25, -0.2) is 4.39 Å². The minimum Gasteiger partial charge on any atom is -0.355 e. The van der Waals surface area contributed by atoms with Gasteiger partial charge in [0.15, 0.2) is 11.4 Å². The van der Waals surface area contributed by atoms with Crippen molar-refractivity contribution >= 4 is 46.8 Å². The zero-order valence-electron chi connectivity index (χ0n) is 16.5. The summed E-state index contributed by atoms with van der Waals surface area (Å²) < 4.78 is 14.7. The second kappa shape index (κ2) is 7.56. The smallest absolute Gasteiger partial charge is 0.259 e. The van der Waals surface area contributed by atoms with E-state index in [2.05, 4.69) is 5.32 Å². The van der Waals surface area contributed by atoms with Gasteiger partial charge in [0.2, 0.25) is 0 Å². The molecule has 1 saturated carbocycles. The van der Waals surface area contributed by atoms with Crippen molar-refractivity contribution in [1.29, 1.82) is 5.26 Å². The molecule has 4 rings (SSSR count). The molecule has 2 aromatic rings. The van der Waals surface area contributed by atoms with Crippen LogP contribution in [-0.2, 0) is 4.79 Å². The largest absolute Gasteiger partial charge is 0.355 e. The van der Waals surface area contributed by atoms with Crippen LogP contribution >= 0.6 is 12.2 Å². The van der Waals surface area contributed by atoms with E-state index in [0.29, 0.717) is 24.8 Å². The highest BCUT2D eigenvalue weighted by atomic mass is 32.1. The van der Waals surface area contributed by atoms with Gasteiger partial charge in [-0.15, -0.1) is 0 Å². The van der Waals surface area contributed by atoms with Crippen LogP contribution in [0.2, 0.25) is 0 Å². The highest BCUT2D eigenvalue weighted by molar-refractivity contribution is 7.81. The molecule has 2 fully saturated rings. The van der Waals surface area contributed by atoms with E-state index in [9.17, 15) is 18.8 Å². The van der Waals surface area contributed by atoms with Gasteiger partial charge in [-0.3, -0.25) is 19.3 Å². The molecule has 0 bridgehead atoms. The first-order valence-electron chi connectivity index (χ1n) is 9.57. The number of rotatable bonds is 4. The van der Waals surface area contributed by atoms with E-state index in [-0.39, 0.29) is 33.4 Å². The summed E-state index contributed by atoms with van der Waals surface area (Å²) in [5, 5.41) is 11.6. The number of carbonyl (C=O) groups excluding carboxylic acids is 3. The van der Waals surface area contributed by atoms with Crippen molar-refractivity contribution in [3.63, 3.8) is 0 Å². The number of aldehydes is 1. The molecule has 7 nitrogen and oxygen atoms in total. The lowest BCUT2D eigenvalue weighted by molar-refractivity contribution is -0.123. The normalized spacial score (nSPS) is 16.8. The molecule has 1 aliphatic carbocycles. The quantitative estimate of drug-likeness (QED) is 0.585. The van der Waals surface area contributed by atoms with Crippen molar-refractivity contribution < 1.29 is 18.8 Å². The number of nitriles is 1. The Balaban J connectivity index is 1.81. The van der Waals surface area contributed by atoms with Crippen LogP contribution in [-0.4, -0.2) is 35.8 Å². The Labute approximate surface area is 183 Å². The molecular weight excluding hydrogens is 419 g/mol. The lowest BCUT2D eigenvalue weighted by Crippen LogP contribution is -2.55. The second-order valence-corrected chi connectivity index (χ2v) is 7.76. The monoisotopic (exact) mass is 436 g/mol. The van der Waals surface area contributed by atoms with Crippen LogP contribution in [0.15, 0.2) is 36.4 Å². The van der Waals surface area contributed by atoms with Gasteiger partial charge in [0.1, 0.15) is 11.4 Å². The fourth-order valence-corrected chi connectivity index (χ4v) is 4.54. The van der Waals surface area contributed by atoms with Crippen LogP contribution in [0.3, 0.4) is 0 Å². The maximum atomic E-state index is 14.7. The van der Waals surface area contributed by atoms with E-state index in [1.165, 1.54) is 42.3 Å². The molecule has 0 unspecified atom stereocenters. The third-order valence-corrected chi connectivity index (χ3v) is 6.16. The first-order valence-corrected chi connectivity index (χ1v) is 9.98. The SMILES string of the molecule is CNC(=O)c1ccc(N2C(=S)N(c3ccc(C#N)cc3C=O)C(=O)C23CCC3)cc1F. The summed E-state index contributed by atoms with van der Waals surface area (Å²) in [4.78, 5) is 39.9. The summed E-state index contributed by atoms with van der Waals surface area (Å²) in [6.07, 6.45) is 2.41. The predicted molar refractivity (Wildman–Crippen MR) is 115 cm³/mol. The predicted octanol–water partition coefficient (Wildman–Crippen LogP) is 2.93. The molecule has 1 aliphatic heterocycles. The molecular formula is C22H17FN4O3S. The molecule has 9 heteroatoms. The van der Waals surface area contributed by atoms with Crippen LogP contribution in [0.4, 0.5) is 15.8 Å². The van der Waals surface area contributed by atoms with Crippen molar-refractivity contribution in [3.8, 4) is 6.07 Å². The minimum atomic E-state index is -0.966. The molecule has 0 aromatic heterocycles. The van der Waals surface area contributed by atoms with Gasteiger partial charge in [-0.1, -0.05) is 0 Å². The summed E-state index contributed by atoms with van der Waals surface area (Å²) in [6, 6.07) is 10.5. The fraction of sp³-hybridized carbons (Fsp3) is 0.227. The molecule has 1 saturated heterocycles. The third kappa shape index (κ3) is 2.99. The number of carbonyl (C=O) groups is 3. The van der Waals surface area contributed by atoms with Gasteiger partial charge >= 0.3 is 0 Å². The number of hydrogen-bond donors (Lipinski definition) is 1. The molecule has 2 aromatic carbocycles. The summed E-state index contributed by atoms with van der Waals surface area (Å²) in [5.41, 5.74) is -0.00553. The number of halogens is 1. The van der Waals surface area contributed by atoms with Crippen LogP contribution < -0.4 is 15.1 Å². The standard InChI is InChI=1S/C22H17FN4O3S/c1-25-19(29)16-5-4-15(10-17(16)23)27-21(31)26(20(30)22(27)7-2-8-22)18-6-3-13(11-24)9-14(18)12-28/h3-6,9-10,12H,2,7-8H2,1H3,(H,25,29). The van der Waals surface area contributed by atoms with Crippen molar-refractivity contribution in [2.24, 2.45) is 0 Å². The molecule has 0 atom stereocenters.